The van der Waals surface area contributed by atoms with Crippen LogP contribution < -0.4 is 10.5 Å². The van der Waals surface area contributed by atoms with Gasteiger partial charge in [-0.1, -0.05) is 11.6 Å². The molecule has 1 fully saturated rings. The molecule has 1 saturated heterocycles. The molecule has 0 aromatic carbocycles. The van der Waals surface area contributed by atoms with Crippen molar-refractivity contribution in [3.63, 3.8) is 0 Å². The highest BCUT2D eigenvalue weighted by molar-refractivity contribution is 6.30. The number of hydrogen-bond acceptors (Lipinski definition) is 6. The first kappa shape index (κ1) is 16.7. The highest BCUT2D eigenvalue weighted by atomic mass is 35.5. The summed E-state index contributed by atoms with van der Waals surface area (Å²) in [6.45, 7) is 6.00. The molecular weight excluding hydrogens is 354 g/mol. The summed E-state index contributed by atoms with van der Waals surface area (Å²) in [5.41, 5.74) is 1.78. The van der Waals surface area contributed by atoms with Crippen LogP contribution in [0.2, 0.25) is 5.02 Å². The van der Waals surface area contributed by atoms with E-state index >= 15 is 0 Å². The zero-order valence-electron chi connectivity index (χ0n) is 14.5. The van der Waals surface area contributed by atoms with Crippen LogP contribution in [0.4, 0.5) is 5.95 Å². The van der Waals surface area contributed by atoms with Gasteiger partial charge in [0.1, 0.15) is 0 Å². The average molecular weight is 372 g/mol. The molecule has 0 bridgehead atoms. The second-order valence-electron chi connectivity index (χ2n) is 6.52. The maximum absolute atomic E-state index is 12.2. The summed E-state index contributed by atoms with van der Waals surface area (Å²) in [4.78, 5) is 22.7. The first-order valence-corrected chi connectivity index (χ1v) is 8.72. The quantitative estimate of drug-likeness (QED) is 0.693. The van der Waals surface area contributed by atoms with Gasteiger partial charge in [-0.15, -0.1) is 5.10 Å². The SMILES string of the molecule is Cc1cc(C)n(-c2ccc(=O)n(CC3CN(c4ncc(Cl)cn4)C3)n2)n1. The second-order valence-corrected chi connectivity index (χ2v) is 6.96. The number of halogens is 1. The molecule has 0 unspecified atom stereocenters. The van der Waals surface area contributed by atoms with E-state index in [0.29, 0.717) is 29.3 Å². The van der Waals surface area contributed by atoms with Crippen molar-refractivity contribution in [3.05, 3.63) is 57.4 Å². The van der Waals surface area contributed by atoms with Crippen LogP contribution in [0.15, 0.2) is 35.4 Å². The first-order valence-electron chi connectivity index (χ1n) is 8.34. The summed E-state index contributed by atoms with van der Waals surface area (Å²) in [7, 11) is 0. The topological polar surface area (TPSA) is 81.7 Å². The molecule has 0 atom stereocenters. The lowest BCUT2D eigenvalue weighted by atomic mass is 10.0. The number of hydrogen-bond donors (Lipinski definition) is 0. The summed E-state index contributed by atoms with van der Waals surface area (Å²) >= 11 is 5.81. The third-order valence-electron chi connectivity index (χ3n) is 4.36. The Morgan fingerprint density at radius 3 is 2.54 bits per heavy atom. The van der Waals surface area contributed by atoms with E-state index in [4.69, 9.17) is 11.6 Å². The normalized spacial score (nSPS) is 14.5. The molecule has 26 heavy (non-hydrogen) atoms. The fraction of sp³-hybridized carbons (Fsp3) is 0.353. The molecule has 0 aliphatic carbocycles. The number of anilines is 1. The molecule has 3 aromatic heterocycles. The average Bonchev–Trinajstić information content (AvgIpc) is 2.92. The molecule has 8 nitrogen and oxygen atoms in total. The van der Waals surface area contributed by atoms with Crippen molar-refractivity contribution >= 4 is 17.5 Å². The minimum atomic E-state index is -0.114. The van der Waals surface area contributed by atoms with Crippen molar-refractivity contribution in [1.29, 1.82) is 0 Å². The molecule has 3 aromatic rings. The lowest BCUT2D eigenvalue weighted by Gasteiger charge is -2.39. The van der Waals surface area contributed by atoms with Gasteiger partial charge in [-0.2, -0.15) is 5.10 Å². The standard InChI is InChI=1S/C17H18ClN7O/c1-11-5-12(2)25(21-11)15-3-4-16(26)24(22-15)10-13-8-23(9-13)17-19-6-14(18)7-20-17/h3-7,13H,8-10H2,1-2H3. The molecule has 0 saturated carbocycles. The molecule has 0 amide bonds. The summed E-state index contributed by atoms with van der Waals surface area (Å²) in [5.74, 6) is 1.62. The van der Waals surface area contributed by atoms with Crippen molar-refractivity contribution in [2.45, 2.75) is 20.4 Å². The van der Waals surface area contributed by atoms with Gasteiger partial charge in [0.2, 0.25) is 5.95 Å². The predicted molar refractivity (Wildman–Crippen MR) is 97.8 cm³/mol. The van der Waals surface area contributed by atoms with Crippen LogP contribution in [0, 0.1) is 19.8 Å². The minimum Gasteiger partial charge on any atom is -0.340 e. The Bertz CT molecular complexity index is 989. The van der Waals surface area contributed by atoms with Crippen LogP contribution in [0.1, 0.15) is 11.4 Å². The highest BCUT2D eigenvalue weighted by Gasteiger charge is 2.29. The Morgan fingerprint density at radius 1 is 1.15 bits per heavy atom. The summed E-state index contributed by atoms with van der Waals surface area (Å²) in [5, 5.41) is 9.43. The fourth-order valence-corrected chi connectivity index (χ4v) is 3.20. The van der Waals surface area contributed by atoms with Crippen molar-refractivity contribution in [3.8, 4) is 5.82 Å². The van der Waals surface area contributed by atoms with E-state index in [0.717, 1.165) is 24.5 Å². The predicted octanol–water partition coefficient (Wildman–Crippen LogP) is 1.63. The van der Waals surface area contributed by atoms with E-state index in [1.165, 1.54) is 10.7 Å². The van der Waals surface area contributed by atoms with Crippen LogP contribution in [-0.2, 0) is 6.54 Å². The van der Waals surface area contributed by atoms with Crippen molar-refractivity contribution in [2.75, 3.05) is 18.0 Å². The number of aromatic nitrogens is 6. The van der Waals surface area contributed by atoms with Crippen LogP contribution >= 0.6 is 11.6 Å². The largest absolute Gasteiger partial charge is 0.340 e. The van der Waals surface area contributed by atoms with Gasteiger partial charge in [-0.25, -0.2) is 19.3 Å². The van der Waals surface area contributed by atoms with Gasteiger partial charge >= 0.3 is 0 Å². The van der Waals surface area contributed by atoms with E-state index in [-0.39, 0.29) is 5.56 Å². The molecule has 0 spiro atoms. The molecule has 4 heterocycles. The van der Waals surface area contributed by atoms with Crippen molar-refractivity contribution < 1.29 is 0 Å². The Balaban J connectivity index is 1.47. The summed E-state index contributed by atoms with van der Waals surface area (Å²) in [6.07, 6.45) is 3.17. The Kier molecular flexibility index (Phi) is 4.20. The Labute approximate surface area is 155 Å². The molecule has 9 heteroatoms. The molecule has 1 aliphatic heterocycles. The number of rotatable bonds is 4. The van der Waals surface area contributed by atoms with Crippen molar-refractivity contribution in [2.24, 2.45) is 5.92 Å². The van der Waals surface area contributed by atoms with Crippen LogP contribution in [0.5, 0.6) is 0 Å². The first-order chi connectivity index (χ1) is 12.5. The summed E-state index contributed by atoms with van der Waals surface area (Å²) < 4.78 is 3.26. The fourth-order valence-electron chi connectivity index (χ4n) is 3.10. The maximum atomic E-state index is 12.2. The monoisotopic (exact) mass is 371 g/mol. The van der Waals surface area contributed by atoms with Gasteiger partial charge in [-0.3, -0.25) is 4.79 Å². The zero-order valence-corrected chi connectivity index (χ0v) is 15.3. The van der Waals surface area contributed by atoms with E-state index in [1.807, 2.05) is 19.9 Å². The van der Waals surface area contributed by atoms with Crippen LogP contribution in [0.3, 0.4) is 0 Å². The van der Waals surface area contributed by atoms with Gasteiger partial charge in [0.25, 0.3) is 5.56 Å². The van der Waals surface area contributed by atoms with Gasteiger partial charge in [-0.05, 0) is 26.0 Å². The molecule has 134 valence electrons. The third-order valence-corrected chi connectivity index (χ3v) is 4.55. The van der Waals surface area contributed by atoms with E-state index in [1.54, 1.807) is 23.1 Å². The molecule has 1 aliphatic rings. The minimum absolute atomic E-state index is 0.114. The maximum Gasteiger partial charge on any atom is 0.266 e. The lowest BCUT2D eigenvalue weighted by molar-refractivity contribution is 0.330. The third kappa shape index (κ3) is 3.20. The molecule has 4 rings (SSSR count). The van der Waals surface area contributed by atoms with E-state index in [9.17, 15) is 4.79 Å². The number of nitrogens with zero attached hydrogens (tertiary/aromatic N) is 7. The second kappa shape index (κ2) is 6.53. The molecule has 0 N–H and O–H groups in total. The number of aryl methyl sites for hydroxylation is 2. The van der Waals surface area contributed by atoms with Gasteiger partial charge in [0, 0.05) is 30.8 Å². The molecular formula is C17H18ClN7O. The van der Waals surface area contributed by atoms with Crippen LogP contribution in [-0.4, -0.2) is 42.6 Å². The van der Waals surface area contributed by atoms with Gasteiger partial charge < -0.3 is 4.90 Å². The van der Waals surface area contributed by atoms with E-state index in [2.05, 4.69) is 25.1 Å². The van der Waals surface area contributed by atoms with Gasteiger partial charge in [0.15, 0.2) is 5.82 Å². The molecule has 0 radical (unpaired) electrons. The zero-order chi connectivity index (χ0) is 18.3. The van der Waals surface area contributed by atoms with Crippen LogP contribution in [0.25, 0.3) is 5.82 Å². The smallest absolute Gasteiger partial charge is 0.266 e. The Hall–Kier alpha value is -2.74. The summed E-state index contributed by atoms with van der Waals surface area (Å²) in [6, 6.07) is 5.22. The lowest BCUT2D eigenvalue weighted by Crippen LogP contribution is -2.50. The van der Waals surface area contributed by atoms with Crippen molar-refractivity contribution in [1.82, 2.24) is 29.5 Å². The highest BCUT2D eigenvalue weighted by Crippen LogP contribution is 2.22. The Morgan fingerprint density at radius 2 is 1.88 bits per heavy atom. The van der Waals surface area contributed by atoms with Gasteiger partial charge in [0.05, 0.1) is 29.7 Å². The van der Waals surface area contributed by atoms with E-state index < -0.39 is 0 Å².